The standard InChI is InChI=1S/C22H29NO3/c1-15-2-4-16(5-3-15)9-21(25)26-13-20(24)23-14-22-10-17-6-18(11-22)8-19(7-17)12-22/h2-5,17-19H,6-14H2,1H3,(H,23,24). The normalized spacial score (nSPS) is 31.7. The zero-order valence-electron chi connectivity index (χ0n) is 15.6. The van der Waals surface area contributed by atoms with E-state index in [1.54, 1.807) is 0 Å². The third-order valence-corrected chi connectivity index (χ3v) is 6.66. The summed E-state index contributed by atoms with van der Waals surface area (Å²) >= 11 is 0. The predicted octanol–water partition coefficient (Wildman–Crippen LogP) is 3.41. The molecule has 0 radical (unpaired) electrons. The first-order valence-corrected chi connectivity index (χ1v) is 9.98. The Balaban J connectivity index is 1.21. The van der Waals surface area contributed by atoms with Crippen LogP contribution in [0.5, 0.6) is 0 Å². The smallest absolute Gasteiger partial charge is 0.310 e. The van der Waals surface area contributed by atoms with Crippen LogP contribution in [0.1, 0.15) is 49.7 Å². The summed E-state index contributed by atoms with van der Waals surface area (Å²) in [5.41, 5.74) is 2.39. The van der Waals surface area contributed by atoms with E-state index in [2.05, 4.69) is 5.32 Å². The number of hydrogen-bond acceptors (Lipinski definition) is 3. The van der Waals surface area contributed by atoms with E-state index < -0.39 is 0 Å². The summed E-state index contributed by atoms with van der Waals surface area (Å²) in [4.78, 5) is 24.1. The Morgan fingerprint density at radius 1 is 1.04 bits per heavy atom. The van der Waals surface area contributed by atoms with Gasteiger partial charge in [-0.2, -0.15) is 0 Å². The second-order valence-electron chi connectivity index (χ2n) is 9.02. The maximum atomic E-state index is 12.1. The summed E-state index contributed by atoms with van der Waals surface area (Å²) in [5, 5.41) is 3.05. The number of carbonyl (C=O) groups excluding carboxylic acids is 2. The Kier molecular flexibility index (Phi) is 4.76. The van der Waals surface area contributed by atoms with Gasteiger partial charge in [-0.05, 0) is 74.2 Å². The number of benzene rings is 1. The molecule has 4 nitrogen and oxygen atoms in total. The first-order chi connectivity index (χ1) is 12.5. The van der Waals surface area contributed by atoms with Crippen LogP contribution in [-0.4, -0.2) is 25.0 Å². The fourth-order valence-corrected chi connectivity index (χ4v) is 5.91. The number of esters is 1. The zero-order chi connectivity index (χ0) is 18.1. The average molecular weight is 355 g/mol. The van der Waals surface area contributed by atoms with Crippen LogP contribution >= 0.6 is 0 Å². The predicted molar refractivity (Wildman–Crippen MR) is 99.5 cm³/mol. The molecule has 4 saturated carbocycles. The molecule has 4 aliphatic rings. The Labute approximate surface area is 155 Å². The molecular weight excluding hydrogens is 326 g/mol. The maximum Gasteiger partial charge on any atom is 0.310 e. The summed E-state index contributed by atoms with van der Waals surface area (Å²) in [6.45, 7) is 2.60. The fraction of sp³-hybridized carbons (Fsp3) is 0.636. The molecule has 4 aliphatic carbocycles. The van der Waals surface area contributed by atoms with Gasteiger partial charge < -0.3 is 10.1 Å². The zero-order valence-corrected chi connectivity index (χ0v) is 15.6. The van der Waals surface area contributed by atoms with E-state index in [-0.39, 0.29) is 24.9 Å². The van der Waals surface area contributed by atoms with E-state index in [0.717, 1.165) is 35.4 Å². The maximum absolute atomic E-state index is 12.1. The number of hydrogen-bond donors (Lipinski definition) is 1. The lowest BCUT2D eigenvalue weighted by atomic mass is 9.49. The molecule has 0 atom stereocenters. The molecule has 0 unspecified atom stereocenters. The lowest BCUT2D eigenvalue weighted by Crippen LogP contribution is -2.51. The van der Waals surface area contributed by atoms with Crippen molar-refractivity contribution in [1.82, 2.24) is 5.32 Å². The molecule has 1 amide bonds. The van der Waals surface area contributed by atoms with Crippen molar-refractivity contribution in [2.45, 2.75) is 51.9 Å². The van der Waals surface area contributed by atoms with Crippen molar-refractivity contribution >= 4 is 11.9 Å². The summed E-state index contributed by atoms with van der Waals surface area (Å²) in [5.74, 6) is 2.12. The van der Waals surface area contributed by atoms with Gasteiger partial charge in [0.25, 0.3) is 5.91 Å². The van der Waals surface area contributed by atoms with Crippen LogP contribution in [0, 0.1) is 30.1 Å². The Hall–Kier alpha value is -1.84. The Bertz CT molecular complexity index is 644. The van der Waals surface area contributed by atoms with Crippen LogP contribution in [-0.2, 0) is 20.7 Å². The van der Waals surface area contributed by atoms with Gasteiger partial charge in [0.1, 0.15) is 0 Å². The third kappa shape index (κ3) is 3.94. The average Bonchev–Trinajstić information content (AvgIpc) is 2.59. The monoisotopic (exact) mass is 355 g/mol. The van der Waals surface area contributed by atoms with Gasteiger partial charge in [0.05, 0.1) is 6.42 Å². The van der Waals surface area contributed by atoms with Crippen molar-refractivity contribution in [3.63, 3.8) is 0 Å². The summed E-state index contributed by atoms with van der Waals surface area (Å²) in [6, 6.07) is 7.79. The minimum absolute atomic E-state index is 0.169. The first kappa shape index (κ1) is 17.6. The molecule has 0 aromatic heterocycles. The Morgan fingerprint density at radius 3 is 2.19 bits per heavy atom. The van der Waals surface area contributed by atoms with Gasteiger partial charge in [-0.1, -0.05) is 29.8 Å². The molecule has 26 heavy (non-hydrogen) atoms. The molecule has 1 aromatic rings. The lowest BCUT2D eigenvalue weighted by molar-refractivity contribution is -0.148. The van der Waals surface area contributed by atoms with Gasteiger partial charge in [0.2, 0.25) is 0 Å². The second kappa shape index (κ2) is 7.05. The second-order valence-corrected chi connectivity index (χ2v) is 9.02. The van der Waals surface area contributed by atoms with Gasteiger partial charge in [-0.3, -0.25) is 9.59 Å². The molecule has 4 fully saturated rings. The van der Waals surface area contributed by atoms with Crippen LogP contribution in [0.15, 0.2) is 24.3 Å². The molecular formula is C22H29NO3. The minimum Gasteiger partial charge on any atom is -0.455 e. The van der Waals surface area contributed by atoms with Gasteiger partial charge in [-0.25, -0.2) is 0 Å². The summed E-state index contributed by atoms with van der Waals surface area (Å²) < 4.78 is 5.16. The number of nitrogens with one attached hydrogen (secondary N) is 1. The number of rotatable bonds is 6. The van der Waals surface area contributed by atoms with E-state index in [0.29, 0.717) is 5.41 Å². The fourth-order valence-electron chi connectivity index (χ4n) is 5.91. The van der Waals surface area contributed by atoms with Crippen LogP contribution in [0.25, 0.3) is 0 Å². The van der Waals surface area contributed by atoms with Crippen molar-refractivity contribution in [1.29, 1.82) is 0 Å². The highest BCUT2D eigenvalue weighted by Crippen LogP contribution is 2.59. The number of aryl methyl sites for hydroxylation is 1. The van der Waals surface area contributed by atoms with Crippen molar-refractivity contribution in [3.8, 4) is 0 Å². The summed E-state index contributed by atoms with van der Waals surface area (Å²) in [6.07, 6.45) is 8.24. The van der Waals surface area contributed by atoms with Crippen molar-refractivity contribution in [2.75, 3.05) is 13.2 Å². The molecule has 0 heterocycles. The topological polar surface area (TPSA) is 55.4 Å². The van der Waals surface area contributed by atoms with Gasteiger partial charge >= 0.3 is 5.97 Å². The molecule has 5 rings (SSSR count). The first-order valence-electron chi connectivity index (χ1n) is 9.98. The third-order valence-electron chi connectivity index (χ3n) is 6.66. The highest BCUT2D eigenvalue weighted by Gasteiger charge is 2.50. The molecule has 0 spiro atoms. The molecule has 1 aromatic carbocycles. The van der Waals surface area contributed by atoms with E-state index in [1.807, 2.05) is 31.2 Å². The molecule has 140 valence electrons. The van der Waals surface area contributed by atoms with Gasteiger partial charge in [-0.15, -0.1) is 0 Å². The SMILES string of the molecule is Cc1ccc(CC(=O)OCC(=O)NCC23CC4CC(CC(C4)C2)C3)cc1. The van der Waals surface area contributed by atoms with Crippen molar-refractivity contribution in [3.05, 3.63) is 35.4 Å². The van der Waals surface area contributed by atoms with Gasteiger partial charge in [0, 0.05) is 6.54 Å². The number of amides is 1. The quantitative estimate of drug-likeness (QED) is 0.796. The van der Waals surface area contributed by atoms with Gasteiger partial charge in [0.15, 0.2) is 6.61 Å². The lowest BCUT2D eigenvalue weighted by Gasteiger charge is -2.56. The Morgan fingerprint density at radius 2 is 1.62 bits per heavy atom. The molecule has 0 saturated heterocycles. The van der Waals surface area contributed by atoms with E-state index in [1.165, 1.54) is 38.5 Å². The number of carbonyl (C=O) groups is 2. The number of ether oxygens (including phenoxy) is 1. The van der Waals surface area contributed by atoms with E-state index in [4.69, 9.17) is 4.74 Å². The molecule has 4 heteroatoms. The van der Waals surface area contributed by atoms with Crippen LogP contribution in [0.4, 0.5) is 0 Å². The molecule has 4 bridgehead atoms. The molecule has 0 aliphatic heterocycles. The van der Waals surface area contributed by atoms with Crippen LogP contribution in [0.2, 0.25) is 0 Å². The van der Waals surface area contributed by atoms with E-state index in [9.17, 15) is 9.59 Å². The van der Waals surface area contributed by atoms with Crippen LogP contribution < -0.4 is 5.32 Å². The largest absolute Gasteiger partial charge is 0.455 e. The van der Waals surface area contributed by atoms with E-state index >= 15 is 0 Å². The highest BCUT2D eigenvalue weighted by molar-refractivity contribution is 5.81. The minimum atomic E-state index is -0.348. The molecule has 1 N–H and O–H groups in total. The highest BCUT2D eigenvalue weighted by atomic mass is 16.5. The summed E-state index contributed by atoms with van der Waals surface area (Å²) in [7, 11) is 0. The van der Waals surface area contributed by atoms with Crippen molar-refractivity contribution < 1.29 is 14.3 Å². The van der Waals surface area contributed by atoms with Crippen molar-refractivity contribution in [2.24, 2.45) is 23.2 Å². The van der Waals surface area contributed by atoms with Crippen LogP contribution in [0.3, 0.4) is 0 Å².